The summed E-state index contributed by atoms with van der Waals surface area (Å²) in [4.78, 5) is 2.25. The normalized spacial score (nSPS) is 16.5. The van der Waals surface area contributed by atoms with Crippen LogP contribution in [0.25, 0.3) is 0 Å². The van der Waals surface area contributed by atoms with Crippen molar-refractivity contribution in [1.29, 1.82) is 0 Å². The lowest BCUT2D eigenvalue weighted by Gasteiger charge is -2.21. The van der Waals surface area contributed by atoms with E-state index in [1.54, 1.807) is 0 Å². The summed E-state index contributed by atoms with van der Waals surface area (Å²) in [6.07, 6.45) is 4.76. The summed E-state index contributed by atoms with van der Waals surface area (Å²) < 4.78 is 0. The van der Waals surface area contributed by atoms with Crippen LogP contribution in [-0.4, -0.2) is 25.2 Å². The first-order valence-electron chi connectivity index (χ1n) is 3.94. The molecule has 0 amide bonds. The number of allylic oxidation sites excluding steroid dienone is 2. The van der Waals surface area contributed by atoms with Gasteiger partial charge in [0.25, 0.3) is 0 Å². The van der Waals surface area contributed by atoms with Crippen molar-refractivity contribution in [1.82, 2.24) is 10.2 Å². The van der Waals surface area contributed by atoms with Crippen LogP contribution in [-0.2, 0) is 0 Å². The van der Waals surface area contributed by atoms with Crippen molar-refractivity contribution in [2.24, 2.45) is 0 Å². The van der Waals surface area contributed by atoms with Crippen molar-refractivity contribution < 1.29 is 0 Å². The molecule has 0 radical (unpaired) electrons. The summed E-state index contributed by atoms with van der Waals surface area (Å²) in [5, 5.41) is 3.36. The smallest absolute Gasteiger partial charge is 0.0672 e. The molecule has 0 atom stereocenters. The average Bonchev–Trinajstić information content (AvgIpc) is 1.84. The number of nitrogens with one attached hydrogen (secondary N) is 1. The van der Waals surface area contributed by atoms with E-state index in [1.165, 1.54) is 18.5 Å². The van der Waals surface area contributed by atoms with Gasteiger partial charge >= 0.3 is 0 Å². The predicted molar refractivity (Wildman–Crippen MR) is 43.6 cm³/mol. The molecular weight excluding hydrogens is 124 g/mol. The molecule has 0 aromatic rings. The molecule has 0 heterocycles. The highest BCUT2D eigenvalue weighted by atomic mass is 15.2. The Balaban J connectivity index is 2.04. The second-order valence-electron chi connectivity index (χ2n) is 2.78. The van der Waals surface area contributed by atoms with Gasteiger partial charge in [0.1, 0.15) is 0 Å². The van der Waals surface area contributed by atoms with Crippen LogP contribution < -0.4 is 5.32 Å². The zero-order valence-corrected chi connectivity index (χ0v) is 6.85. The van der Waals surface area contributed by atoms with Gasteiger partial charge in [-0.3, -0.25) is 4.90 Å². The summed E-state index contributed by atoms with van der Waals surface area (Å²) in [5.41, 5.74) is 1.42. The van der Waals surface area contributed by atoms with Gasteiger partial charge in [-0.2, -0.15) is 0 Å². The minimum Gasteiger partial charge on any atom is -0.376 e. The van der Waals surface area contributed by atoms with Crippen LogP contribution in [0.3, 0.4) is 0 Å². The molecule has 0 aliphatic heterocycles. The number of rotatable bonds is 4. The van der Waals surface area contributed by atoms with E-state index in [9.17, 15) is 0 Å². The first-order valence-corrected chi connectivity index (χ1v) is 3.94. The number of hydrogen-bond donors (Lipinski definition) is 1. The van der Waals surface area contributed by atoms with Crippen LogP contribution in [0.2, 0.25) is 0 Å². The van der Waals surface area contributed by atoms with Crippen LogP contribution in [0.1, 0.15) is 19.8 Å². The van der Waals surface area contributed by atoms with Crippen LogP contribution in [0.5, 0.6) is 0 Å². The molecule has 0 saturated heterocycles. The minimum absolute atomic E-state index is 0.988. The van der Waals surface area contributed by atoms with Crippen molar-refractivity contribution in [3.05, 3.63) is 11.8 Å². The largest absolute Gasteiger partial charge is 0.376 e. The molecule has 0 fully saturated rings. The van der Waals surface area contributed by atoms with E-state index in [0.29, 0.717) is 0 Å². The highest BCUT2D eigenvalue weighted by molar-refractivity contribution is 5.09. The van der Waals surface area contributed by atoms with E-state index in [4.69, 9.17) is 0 Å². The third kappa shape index (κ3) is 2.03. The monoisotopic (exact) mass is 140 g/mol. The molecule has 1 N–H and O–H groups in total. The zero-order valence-electron chi connectivity index (χ0n) is 6.85. The molecule has 0 unspecified atom stereocenters. The summed E-state index contributed by atoms with van der Waals surface area (Å²) >= 11 is 0. The fourth-order valence-corrected chi connectivity index (χ4v) is 0.798. The van der Waals surface area contributed by atoms with E-state index in [2.05, 4.69) is 30.3 Å². The molecular formula is C8H16N2. The maximum absolute atomic E-state index is 3.36. The third-order valence-corrected chi connectivity index (χ3v) is 1.92. The van der Waals surface area contributed by atoms with Gasteiger partial charge in [0, 0.05) is 5.70 Å². The molecule has 0 aromatic heterocycles. The Morgan fingerprint density at radius 3 is 2.80 bits per heavy atom. The standard InChI is InChI=1S/C8H16N2/c1-3-10(2)7-9-8-5-4-6-8/h5,9H,3-4,6-7H2,1-2H3. The van der Waals surface area contributed by atoms with Crippen molar-refractivity contribution >= 4 is 0 Å². The second-order valence-corrected chi connectivity index (χ2v) is 2.78. The highest BCUT2D eigenvalue weighted by Gasteiger charge is 2.03. The molecule has 0 aromatic carbocycles. The molecule has 58 valence electrons. The van der Waals surface area contributed by atoms with Gasteiger partial charge in [-0.1, -0.05) is 13.0 Å². The Kier molecular flexibility index (Phi) is 2.75. The van der Waals surface area contributed by atoms with Crippen molar-refractivity contribution in [3.63, 3.8) is 0 Å². The maximum atomic E-state index is 3.36. The van der Waals surface area contributed by atoms with E-state index in [0.717, 1.165) is 13.2 Å². The van der Waals surface area contributed by atoms with Gasteiger partial charge in [0.05, 0.1) is 6.67 Å². The third-order valence-electron chi connectivity index (χ3n) is 1.92. The Morgan fingerprint density at radius 1 is 1.70 bits per heavy atom. The summed E-state index contributed by atoms with van der Waals surface area (Å²) in [7, 11) is 2.12. The topological polar surface area (TPSA) is 15.3 Å². The number of nitrogens with zero attached hydrogens (tertiary/aromatic N) is 1. The maximum Gasteiger partial charge on any atom is 0.0672 e. The zero-order chi connectivity index (χ0) is 7.40. The average molecular weight is 140 g/mol. The Bertz CT molecular complexity index is 129. The molecule has 0 bridgehead atoms. The second kappa shape index (κ2) is 3.62. The molecule has 2 heteroatoms. The van der Waals surface area contributed by atoms with Crippen molar-refractivity contribution in [3.8, 4) is 0 Å². The summed E-state index contributed by atoms with van der Waals surface area (Å²) in [6.45, 7) is 4.26. The van der Waals surface area contributed by atoms with Gasteiger partial charge < -0.3 is 5.32 Å². The Hall–Kier alpha value is -0.500. The lowest BCUT2D eigenvalue weighted by atomic mass is 10.1. The summed E-state index contributed by atoms with van der Waals surface area (Å²) in [6, 6.07) is 0. The van der Waals surface area contributed by atoms with Gasteiger partial charge in [0.2, 0.25) is 0 Å². The lowest BCUT2D eigenvalue weighted by molar-refractivity contribution is 0.331. The van der Waals surface area contributed by atoms with Gasteiger partial charge in [-0.05, 0) is 26.4 Å². The summed E-state index contributed by atoms with van der Waals surface area (Å²) in [5.74, 6) is 0. The van der Waals surface area contributed by atoms with E-state index < -0.39 is 0 Å². The van der Waals surface area contributed by atoms with Crippen LogP contribution in [0.15, 0.2) is 11.8 Å². The fourth-order valence-electron chi connectivity index (χ4n) is 0.798. The molecule has 0 saturated carbocycles. The Labute approximate surface area is 62.9 Å². The fraction of sp³-hybridized carbons (Fsp3) is 0.750. The molecule has 1 aliphatic rings. The predicted octanol–water partition coefficient (Wildman–Crippen LogP) is 1.16. The van der Waals surface area contributed by atoms with E-state index in [-0.39, 0.29) is 0 Å². The van der Waals surface area contributed by atoms with Crippen molar-refractivity contribution in [2.45, 2.75) is 19.8 Å². The quantitative estimate of drug-likeness (QED) is 0.589. The van der Waals surface area contributed by atoms with E-state index in [1.807, 2.05) is 0 Å². The highest BCUT2D eigenvalue weighted by Crippen LogP contribution is 2.13. The van der Waals surface area contributed by atoms with Crippen LogP contribution in [0, 0.1) is 0 Å². The van der Waals surface area contributed by atoms with Crippen LogP contribution in [0.4, 0.5) is 0 Å². The number of hydrogen-bond acceptors (Lipinski definition) is 2. The van der Waals surface area contributed by atoms with Crippen LogP contribution >= 0.6 is 0 Å². The first-order chi connectivity index (χ1) is 4.83. The lowest BCUT2D eigenvalue weighted by Crippen LogP contribution is -2.31. The van der Waals surface area contributed by atoms with Crippen molar-refractivity contribution in [2.75, 3.05) is 20.3 Å². The van der Waals surface area contributed by atoms with Gasteiger partial charge in [-0.15, -0.1) is 0 Å². The van der Waals surface area contributed by atoms with Gasteiger partial charge in [-0.25, -0.2) is 0 Å². The molecule has 2 nitrogen and oxygen atoms in total. The molecule has 10 heavy (non-hydrogen) atoms. The van der Waals surface area contributed by atoms with Gasteiger partial charge in [0.15, 0.2) is 0 Å². The molecule has 0 spiro atoms. The Morgan fingerprint density at radius 2 is 2.40 bits per heavy atom. The SMILES string of the molecule is CCN(C)CNC1=CCC1. The molecule has 1 rings (SSSR count). The first kappa shape index (κ1) is 7.61. The molecule has 1 aliphatic carbocycles. The minimum atomic E-state index is 0.988. The van der Waals surface area contributed by atoms with E-state index >= 15 is 0 Å².